The van der Waals surface area contributed by atoms with Crippen LogP contribution in [0.15, 0.2) is 29.8 Å². The van der Waals surface area contributed by atoms with Crippen molar-refractivity contribution in [2.75, 3.05) is 19.6 Å². The van der Waals surface area contributed by atoms with Gasteiger partial charge in [-0.15, -0.1) is 0 Å². The van der Waals surface area contributed by atoms with Gasteiger partial charge in [-0.25, -0.2) is 4.39 Å². The highest BCUT2D eigenvalue weighted by molar-refractivity contribution is 5.98. The molecule has 0 saturated carbocycles. The van der Waals surface area contributed by atoms with Crippen LogP contribution in [-0.4, -0.2) is 30.5 Å². The Balaban J connectivity index is 2.10. The Morgan fingerprint density at radius 2 is 2.30 bits per heavy atom. The van der Waals surface area contributed by atoms with E-state index < -0.39 is 22.3 Å². The number of carbonyl (C=O) groups is 1. The first-order valence-electron chi connectivity index (χ1n) is 6.18. The molecule has 106 valence electrons. The summed E-state index contributed by atoms with van der Waals surface area (Å²) < 4.78 is 13.1. The zero-order valence-electron chi connectivity index (χ0n) is 10.7. The number of nitrogens with zero attached hydrogens (tertiary/aromatic N) is 1. The van der Waals surface area contributed by atoms with Crippen molar-refractivity contribution in [1.29, 1.82) is 0 Å². The fourth-order valence-corrected chi connectivity index (χ4v) is 1.97. The van der Waals surface area contributed by atoms with Gasteiger partial charge in [-0.05, 0) is 25.1 Å². The minimum absolute atomic E-state index is 0.260. The van der Waals surface area contributed by atoms with Gasteiger partial charge in [-0.2, -0.15) is 0 Å². The third-order valence-electron chi connectivity index (χ3n) is 3.03. The first-order valence-corrected chi connectivity index (χ1v) is 6.18. The van der Waals surface area contributed by atoms with Crippen molar-refractivity contribution in [2.24, 2.45) is 0 Å². The first-order chi connectivity index (χ1) is 9.58. The van der Waals surface area contributed by atoms with Crippen LogP contribution in [0.3, 0.4) is 0 Å². The van der Waals surface area contributed by atoms with Gasteiger partial charge in [0.05, 0.1) is 4.92 Å². The van der Waals surface area contributed by atoms with Crippen LogP contribution in [0.25, 0.3) is 0 Å². The number of hydrogen-bond donors (Lipinski definition) is 2. The molecule has 0 bridgehead atoms. The molecular weight excluding hydrogens is 265 g/mol. The summed E-state index contributed by atoms with van der Waals surface area (Å²) in [6, 6.07) is 2.84. The topological polar surface area (TPSA) is 84.3 Å². The van der Waals surface area contributed by atoms with E-state index in [0.29, 0.717) is 6.54 Å². The van der Waals surface area contributed by atoms with E-state index >= 15 is 0 Å². The second-order valence-electron chi connectivity index (χ2n) is 4.42. The molecule has 0 spiro atoms. The van der Waals surface area contributed by atoms with Crippen molar-refractivity contribution in [2.45, 2.75) is 6.42 Å². The Kier molecular flexibility index (Phi) is 4.41. The molecule has 0 saturated heterocycles. The molecular formula is C13H14FN3O3. The summed E-state index contributed by atoms with van der Waals surface area (Å²) in [4.78, 5) is 22.1. The van der Waals surface area contributed by atoms with Crippen LogP contribution >= 0.6 is 0 Å². The maximum atomic E-state index is 13.1. The molecule has 0 unspecified atom stereocenters. The molecule has 2 rings (SSSR count). The van der Waals surface area contributed by atoms with Crippen LogP contribution in [-0.2, 0) is 0 Å². The molecule has 0 atom stereocenters. The van der Waals surface area contributed by atoms with E-state index in [1.165, 1.54) is 0 Å². The lowest BCUT2D eigenvalue weighted by Crippen LogP contribution is -2.30. The van der Waals surface area contributed by atoms with Crippen molar-refractivity contribution in [3.05, 3.63) is 51.3 Å². The summed E-state index contributed by atoms with van der Waals surface area (Å²) in [5.74, 6) is -1.32. The van der Waals surface area contributed by atoms with Gasteiger partial charge >= 0.3 is 0 Å². The Morgan fingerprint density at radius 1 is 1.50 bits per heavy atom. The molecule has 1 heterocycles. The number of nitro benzene ring substituents is 1. The fourth-order valence-electron chi connectivity index (χ4n) is 1.97. The number of nitrogens with one attached hydrogen (secondary N) is 2. The van der Waals surface area contributed by atoms with Gasteiger partial charge in [0.25, 0.3) is 11.6 Å². The van der Waals surface area contributed by atoms with E-state index in [0.717, 1.165) is 43.3 Å². The molecule has 1 aliphatic heterocycles. The summed E-state index contributed by atoms with van der Waals surface area (Å²) >= 11 is 0. The molecule has 6 nitrogen and oxygen atoms in total. The number of hydrogen-bond acceptors (Lipinski definition) is 4. The summed E-state index contributed by atoms with van der Waals surface area (Å²) in [5.41, 5.74) is 0.392. The Hall–Kier alpha value is -2.28. The van der Waals surface area contributed by atoms with Crippen LogP contribution < -0.4 is 10.6 Å². The predicted octanol–water partition coefficient (Wildman–Crippen LogP) is 1.38. The largest absolute Gasteiger partial charge is 0.348 e. The number of halogens is 1. The summed E-state index contributed by atoms with van der Waals surface area (Å²) in [7, 11) is 0. The van der Waals surface area contributed by atoms with Gasteiger partial charge < -0.3 is 10.6 Å². The molecule has 0 aliphatic carbocycles. The van der Waals surface area contributed by atoms with Crippen LogP contribution in [0.5, 0.6) is 0 Å². The van der Waals surface area contributed by atoms with E-state index in [-0.39, 0.29) is 5.56 Å². The van der Waals surface area contributed by atoms with Crippen LogP contribution in [0, 0.1) is 15.9 Å². The minimum atomic E-state index is -0.696. The fraction of sp³-hybridized carbons (Fsp3) is 0.308. The third kappa shape index (κ3) is 3.39. The van der Waals surface area contributed by atoms with Gasteiger partial charge in [0.2, 0.25) is 0 Å². The van der Waals surface area contributed by atoms with E-state index in [4.69, 9.17) is 0 Å². The quantitative estimate of drug-likeness (QED) is 0.495. The number of rotatable bonds is 4. The number of benzene rings is 1. The summed E-state index contributed by atoms with van der Waals surface area (Å²) in [5, 5.41) is 16.5. The van der Waals surface area contributed by atoms with Gasteiger partial charge in [0.15, 0.2) is 0 Å². The SMILES string of the molecule is O=C(NCC1=CCNCC1)c1cc(F)ccc1[N+](=O)[O-]. The highest BCUT2D eigenvalue weighted by Gasteiger charge is 2.20. The first kappa shape index (κ1) is 14.1. The van der Waals surface area contributed by atoms with Crippen molar-refractivity contribution in [3.63, 3.8) is 0 Å². The van der Waals surface area contributed by atoms with Crippen molar-refractivity contribution < 1.29 is 14.1 Å². The van der Waals surface area contributed by atoms with Gasteiger partial charge in [-0.1, -0.05) is 11.6 Å². The highest BCUT2D eigenvalue weighted by atomic mass is 19.1. The molecule has 1 aliphatic rings. The lowest BCUT2D eigenvalue weighted by atomic mass is 10.1. The van der Waals surface area contributed by atoms with E-state index in [2.05, 4.69) is 10.6 Å². The number of carbonyl (C=O) groups excluding carboxylic acids is 1. The smallest absolute Gasteiger partial charge is 0.282 e. The average molecular weight is 279 g/mol. The highest BCUT2D eigenvalue weighted by Crippen LogP contribution is 2.19. The molecule has 0 aromatic heterocycles. The van der Waals surface area contributed by atoms with Crippen molar-refractivity contribution in [3.8, 4) is 0 Å². The third-order valence-corrected chi connectivity index (χ3v) is 3.03. The van der Waals surface area contributed by atoms with Crippen LogP contribution in [0.4, 0.5) is 10.1 Å². The lowest BCUT2D eigenvalue weighted by molar-refractivity contribution is -0.385. The number of nitro groups is 1. The van der Waals surface area contributed by atoms with Crippen molar-refractivity contribution in [1.82, 2.24) is 10.6 Å². The Bertz CT molecular complexity index is 572. The molecule has 0 radical (unpaired) electrons. The molecule has 1 amide bonds. The zero-order chi connectivity index (χ0) is 14.5. The van der Waals surface area contributed by atoms with E-state index in [9.17, 15) is 19.3 Å². The lowest BCUT2D eigenvalue weighted by Gasteiger charge is -2.14. The monoisotopic (exact) mass is 279 g/mol. The minimum Gasteiger partial charge on any atom is -0.348 e. The molecule has 1 aromatic rings. The second-order valence-corrected chi connectivity index (χ2v) is 4.42. The Morgan fingerprint density at radius 3 is 2.95 bits per heavy atom. The zero-order valence-corrected chi connectivity index (χ0v) is 10.7. The molecule has 0 fully saturated rings. The summed E-state index contributed by atoms with van der Waals surface area (Å²) in [6.07, 6.45) is 2.77. The normalized spacial score (nSPS) is 14.6. The standard InChI is InChI=1S/C13H14FN3O3/c14-10-1-2-12(17(19)20)11(7-10)13(18)16-8-9-3-5-15-6-4-9/h1-3,7,15H,4-6,8H2,(H,16,18). The Labute approximate surface area is 114 Å². The maximum absolute atomic E-state index is 13.1. The molecule has 1 aromatic carbocycles. The van der Waals surface area contributed by atoms with Gasteiger partial charge in [0.1, 0.15) is 11.4 Å². The maximum Gasteiger partial charge on any atom is 0.282 e. The molecule has 20 heavy (non-hydrogen) atoms. The predicted molar refractivity (Wildman–Crippen MR) is 71.0 cm³/mol. The summed E-state index contributed by atoms with van der Waals surface area (Å²) in [6.45, 7) is 1.89. The molecule has 2 N–H and O–H groups in total. The van der Waals surface area contributed by atoms with Crippen LogP contribution in [0.2, 0.25) is 0 Å². The second kappa shape index (κ2) is 6.25. The molecule has 7 heteroatoms. The van der Waals surface area contributed by atoms with Crippen molar-refractivity contribution >= 4 is 11.6 Å². The van der Waals surface area contributed by atoms with Gasteiger partial charge in [-0.3, -0.25) is 14.9 Å². The van der Waals surface area contributed by atoms with E-state index in [1.807, 2.05) is 6.08 Å². The average Bonchev–Trinajstić information content (AvgIpc) is 2.45. The van der Waals surface area contributed by atoms with Crippen LogP contribution in [0.1, 0.15) is 16.8 Å². The number of amides is 1. The van der Waals surface area contributed by atoms with E-state index in [1.54, 1.807) is 0 Å². The van der Waals surface area contributed by atoms with Gasteiger partial charge in [0, 0.05) is 19.2 Å².